The number of ether oxygens (including phenoxy) is 1. The molecule has 2 heterocycles. The number of carbonyl (C=O) groups excluding carboxylic acids is 1. The Kier molecular flexibility index (Phi) is 5.61. The summed E-state index contributed by atoms with van der Waals surface area (Å²) in [6, 6.07) is 7.44. The Morgan fingerprint density at radius 2 is 2.19 bits per heavy atom. The van der Waals surface area contributed by atoms with E-state index >= 15 is 0 Å². The summed E-state index contributed by atoms with van der Waals surface area (Å²) >= 11 is 5.76. The van der Waals surface area contributed by atoms with Gasteiger partial charge in [-0.1, -0.05) is 17.7 Å². The zero-order chi connectivity index (χ0) is 18.7. The molecule has 1 atom stereocenters. The summed E-state index contributed by atoms with van der Waals surface area (Å²) < 4.78 is 23.9. The van der Waals surface area contributed by atoms with E-state index in [1.54, 1.807) is 30.0 Å². The van der Waals surface area contributed by atoms with Gasteiger partial charge in [-0.05, 0) is 31.0 Å². The number of nitrogens with zero attached hydrogens (tertiary/aromatic N) is 1. The second kappa shape index (κ2) is 7.91. The van der Waals surface area contributed by atoms with Crippen molar-refractivity contribution < 1.29 is 18.3 Å². The maximum atomic E-state index is 13.2. The molecule has 0 bridgehead atoms. The highest BCUT2D eigenvalue weighted by Gasteiger charge is 2.27. The summed E-state index contributed by atoms with van der Waals surface area (Å²) in [5, 5.41) is 0.0622. The minimum atomic E-state index is -0.466. The lowest BCUT2D eigenvalue weighted by Gasteiger charge is -2.17. The minimum Gasteiger partial charge on any atom is -0.488 e. The van der Waals surface area contributed by atoms with Crippen LogP contribution in [0.4, 0.5) is 4.39 Å². The molecule has 0 N–H and O–H groups in total. The van der Waals surface area contributed by atoms with Crippen molar-refractivity contribution in [3.63, 3.8) is 0 Å². The van der Waals surface area contributed by atoms with Gasteiger partial charge in [0.2, 0.25) is 5.91 Å². The molecule has 0 saturated carbocycles. The molecule has 1 amide bonds. The number of likely N-dealkylation sites (tertiary alicyclic amines) is 1. The molecule has 1 unspecified atom stereocenters. The van der Waals surface area contributed by atoms with Crippen molar-refractivity contribution in [2.75, 3.05) is 13.1 Å². The molecule has 1 saturated heterocycles. The van der Waals surface area contributed by atoms with Gasteiger partial charge >= 0.3 is 5.63 Å². The summed E-state index contributed by atoms with van der Waals surface area (Å²) in [6.45, 7) is 2.76. The molecule has 1 aromatic carbocycles. The third-order valence-electron chi connectivity index (χ3n) is 4.28. The van der Waals surface area contributed by atoms with Gasteiger partial charge in [-0.15, -0.1) is 0 Å². The lowest BCUT2D eigenvalue weighted by molar-refractivity contribution is -0.130. The van der Waals surface area contributed by atoms with Crippen LogP contribution in [0.3, 0.4) is 0 Å². The third kappa shape index (κ3) is 4.64. The van der Waals surface area contributed by atoms with E-state index < -0.39 is 11.4 Å². The van der Waals surface area contributed by atoms with E-state index in [4.69, 9.17) is 20.8 Å². The fourth-order valence-corrected chi connectivity index (χ4v) is 3.19. The average Bonchev–Trinajstić information content (AvgIpc) is 3.03. The summed E-state index contributed by atoms with van der Waals surface area (Å²) in [5.41, 5.74) is 0.368. The normalized spacial score (nSPS) is 16.7. The SMILES string of the molecule is Cc1cc(OC2CCN(C(=O)CCc3ccc(F)c(Cl)c3)C2)cc(=O)o1. The molecule has 138 valence electrons. The first-order valence-corrected chi connectivity index (χ1v) is 8.78. The molecule has 1 aliphatic rings. The fourth-order valence-electron chi connectivity index (χ4n) is 2.99. The highest BCUT2D eigenvalue weighted by atomic mass is 35.5. The fraction of sp³-hybridized carbons (Fsp3) is 0.368. The minimum absolute atomic E-state index is 0.0142. The van der Waals surface area contributed by atoms with Crippen LogP contribution in [-0.2, 0) is 11.2 Å². The zero-order valence-corrected chi connectivity index (χ0v) is 15.1. The highest BCUT2D eigenvalue weighted by Crippen LogP contribution is 2.20. The number of halogens is 2. The maximum absolute atomic E-state index is 13.2. The molecular weight excluding hydrogens is 361 g/mol. The van der Waals surface area contributed by atoms with Crippen molar-refractivity contribution in [2.24, 2.45) is 0 Å². The summed E-state index contributed by atoms with van der Waals surface area (Å²) in [7, 11) is 0. The van der Waals surface area contributed by atoms with E-state index in [1.807, 2.05) is 0 Å². The van der Waals surface area contributed by atoms with Gasteiger partial charge in [0.15, 0.2) is 0 Å². The molecule has 0 spiro atoms. The summed E-state index contributed by atoms with van der Waals surface area (Å²) in [6.07, 6.45) is 1.37. The molecule has 26 heavy (non-hydrogen) atoms. The van der Waals surface area contributed by atoms with Crippen molar-refractivity contribution in [1.29, 1.82) is 0 Å². The highest BCUT2D eigenvalue weighted by molar-refractivity contribution is 6.30. The Morgan fingerprint density at radius 3 is 2.92 bits per heavy atom. The number of rotatable bonds is 5. The number of aryl methyl sites for hydroxylation is 2. The second-order valence-electron chi connectivity index (χ2n) is 6.34. The Bertz CT molecular complexity index is 867. The van der Waals surface area contributed by atoms with Gasteiger partial charge in [0.05, 0.1) is 17.6 Å². The first kappa shape index (κ1) is 18.5. The van der Waals surface area contributed by atoms with Crippen molar-refractivity contribution in [3.05, 3.63) is 62.9 Å². The van der Waals surface area contributed by atoms with E-state index in [1.165, 1.54) is 12.1 Å². The number of carbonyl (C=O) groups is 1. The quantitative estimate of drug-likeness (QED) is 0.799. The van der Waals surface area contributed by atoms with Gasteiger partial charge in [-0.3, -0.25) is 4.79 Å². The van der Waals surface area contributed by atoms with Crippen molar-refractivity contribution >= 4 is 17.5 Å². The van der Waals surface area contributed by atoms with Crippen LogP contribution < -0.4 is 10.4 Å². The van der Waals surface area contributed by atoms with Crippen molar-refractivity contribution in [3.8, 4) is 5.75 Å². The molecule has 0 radical (unpaired) electrons. The molecule has 7 heteroatoms. The Balaban J connectivity index is 1.52. The molecule has 1 fully saturated rings. The molecule has 2 aromatic rings. The zero-order valence-electron chi connectivity index (χ0n) is 14.3. The first-order chi connectivity index (χ1) is 12.4. The first-order valence-electron chi connectivity index (χ1n) is 8.41. The van der Waals surface area contributed by atoms with E-state index in [9.17, 15) is 14.0 Å². The summed E-state index contributed by atoms with van der Waals surface area (Å²) in [5.74, 6) is 0.488. The van der Waals surface area contributed by atoms with Crippen LogP contribution in [0.1, 0.15) is 24.2 Å². The molecule has 0 aliphatic carbocycles. The second-order valence-corrected chi connectivity index (χ2v) is 6.75. The third-order valence-corrected chi connectivity index (χ3v) is 4.57. The van der Waals surface area contributed by atoms with Crippen LogP contribution in [0.5, 0.6) is 5.75 Å². The maximum Gasteiger partial charge on any atom is 0.339 e. The predicted octanol–water partition coefficient (Wildman–Crippen LogP) is 3.35. The Labute approximate surface area is 155 Å². The van der Waals surface area contributed by atoms with E-state index in [0.29, 0.717) is 43.9 Å². The molecule has 1 aliphatic heterocycles. The van der Waals surface area contributed by atoms with Crippen molar-refractivity contribution in [1.82, 2.24) is 4.90 Å². The van der Waals surface area contributed by atoms with Crippen LogP contribution in [0.25, 0.3) is 0 Å². The van der Waals surface area contributed by atoms with Crippen LogP contribution in [0.15, 0.2) is 39.5 Å². The smallest absolute Gasteiger partial charge is 0.339 e. The van der Waals surface area contributed by atoms with Gasteiger partial charge in [0.1, 0.15) is 23.4 Å². The standard InChI is InChI=1S/C19H19ClFNO4/c1-12-8-15(10-19(24)25-12)26-14-6-7-22(11-14)18(23)5-3-13-2-4-17(21)16(20)9-13/h2,4,8-10,14H,3,5-7,11H2,1H3. The molecule has 1 aromatic heterocycles. The van der Waals surface area contributed by atoms with Gasteiger partial charge < -0.3 is 14.1 Å². The average molecular weight is 380 g/mol. The van der Waals surface area contributed by atoms with Crippen LogP contribution in [0.2, 0.25) is 5.02 Å². The Hall–Kier alpha value is -2.34. The lowest BCUT2D eigenvalue weighted by Crippen LogP contribution is -2.31. The van der Waals surface area contributed by atoms with Gasteiger partial charge in [-0.2, -0.15) is 0 Å². The van der Waals surface area contributed by atoms with E-state index in [0.717, 1.165) is 5.56 Å². The van der Waals surface area contributed by atoms with Crippen LogP contribution >= 0.6 is 11.6 Å². The largest absolute Gasteiger partial charge is 0.488 e. The van der Waals surface area contributed by atoms with E-state index in [2.05, 4.69) is 0 Å². The van der Waals surface area contributed by atoms with Gasteiger partial charge in [0.25, 0.3) is 0 Å². The number of hydrogen-bond acceptors (Lipinski definition) is 4. The van der Waals surface area contributed by atoms with E-state index in [-0.39, 0.29) is 17.0 Å². The van der Waals surface area contributed by atoms with Crippen LogP contribution in [-0.4, -0.2) is 30.0 Å². The molecular formula is C19H19ClFNO4. The topological polar surface area (TPSA) is 59.8 Å². The van der Waals surface area contributed by atoms with Crippen molar-refractivity contribution in [2.45, 2.75) is 32.3 Å². The number of benzene rings is 1. The molecule has 5 nitrogen and oxygen atoms in total. The Morgan fingerprint density at radius 1 is 1.38 bits per heavy atom. The number of amides is 1. The lowest BCUT2D eigenvalue weighted by atomic mass is 10.1. The van der Waals surface area contributed by atoms with Gasteiger partial charge in [-0.25, -0.2) is 9.18 Å². The summed E-state index contributed by atoms with van der Waals surface area (Å²) in [4.78, 5) is 25.5. The van der Waals surface area contributed by atoms with Crippen LogP contribution in [0, 0.1) is 12.7 Å². The number of hydrogen-bond donors (Lipinski definition) is 0. The molecule has 3 rings (SSSR count). The monoisotopic (exact) mass is 379 g/mol. The predicted molar refractivity (Wildman–Crippen MR) is 95.1 cm³/mol. The van der Waals surface area contributed by atoms with Gasteiger partial charge in [0, 0.05) is 25.5 Å².